The van der Waals surface area contributed by atoms with Crippen LogP contribution in [0.15, 0.2) is 42.2 Å². The number of tetrazole rings is 1. The van der Waals surface area contributed by atoms with Gasteiger partial charge >= 0.3 is 0 Å². The van der Waals surface area contributed by atoms with E-state index in [0.29, 0.717) is 11.5 Å². The summed E-state index contributed by atoms with van der Waals surface area (Å²) < 4.78 is 3.00. The van der Waals surface area contributed by atoms with Gasteiger partial charge < -0.3 is 4.90 Å². The van der Waals surface area contributed by atoms with Crippen molar-refractivity contribution < 1.29 is 0 Å². The molecular formula is C17H14N8S. The van der Waals surface area contributed by atoms with Crippen molar-refractivity contribution in [2.45, 2.75) is 0 Å². The first-order valence-electron chi connectivity index (χ1n) is 7.98. The minimum atomic E-state index is 0.552. The molecule has 5 aromatic rings. The normalized spacial score (nSPS) is 11.5. The molecule has 1 aromatic carbocycles. The molecule has 0 aliphatic rings. The lowest BCUT2D eigenvalue weighted by Crippen LogP contribution is -2.07. The second-order valence-electron chi connectivity index (χ2n) is 6.12. The van der Waals surface area contributed by atoms with Crippen LogP contribution in [0.2, 0.25) is 0 Å². The number of nitrogens with one attached hydrogen (secondary N) is 1. The molecule has 0 spiro atoms. The molecule has 0 aliphatic carbocycles. The second-order valence-corrected chi connectivity index (χ2v) is 7.00. The summed E-state index contributed by atoms with van der Waals surface area (Å²) >= 11 is 1.74. The Kier molecular flexibility index (Phi) is 3.22. The fraction of sp³-hybridized carbons (Fsp3) is 0.118. The Bertz CT molecular complexity index is 1220. The first-order valence-corrected chi connectivity index (χ1v) is 8.86. The predicted molar refractivity (Wildman–Crippen MR) is 101 cm³/mol. The number of aromatic nitrogens is 7. The molecule has 128 valence electrons. The van der Waals surface area contributed by atoms with Gasteiger partial charge in [-0.3, -0.25) is 0 Å². The van der Waals surface area contributed by atoms with Crippen molar-refractivity contribution in [3.63, 3.8) is 0 Å². The fourth-order valence-corrected chi connectivity index (χ4v) is 4.25. The van der Waals surface area contributed by atoms with E-state index in [2.05, 4.69) is 73.3 Å². The number of H-pyrrole nitrogens is 1. The van der Waals surface area contributed by atoms with Crippen LogP contribution < -0.4 is 4.90 Å². The molecule has 9 heteroatoms. The van der Waals surface area contributed by atoms with Crippen molar-refractivity contribution in [3.05, 3.63) is 42.2 Å². The monoisotopic (exact) mass is 362 g/mol. The Labute approximate surface area is 152 Å². The molecule has 8 nitrogen and oxygen atoms in total. The van der Waals surface area contributed by atoms with Gasteiger partial charge in [-0.25, -0.2) is 14.6 Å². The van der Waals surface area contributed by atoms with Crippen molar-refractivity contribution >= 4 is 32.8 Å². The summed E-state index contributed by atoms with van der Waals surface area (Å²) in [5, 5.41) is 21.7. The SMILES string of the molecule is CN(C)c1csc2c(-c3cnc4c(-c5nnn[nH]5)cnn4c3)cccc12. The summed E-state index contributed by atoms with van der Waals surface area (Å²) in [6.45, 7) is 0. The number of fused-ring (bicyclic) bond motifs is 2. The molecule has 0 unspecified atom stereocenters. The molecule has 4 heterocycles. The van der Waals surface area contributed by atoms with E-state index in [1.54, 1.807) is 22.0 Å². The maximum absolute atomic E-state index is 4.60. The zero-order chi connectivity index (χ0) is 17.7. The number of anilines is 1. The Morgan fingerprint density at radius 2 is 2.08 bits per heavy atom. The summed E-state index contributed by atoms with van der Waals surface area (Å²) in [6, 6.07) is 6.35. The van der Waals surface area contributed by atoms with E-state index < -0.39 is 0 Å². The van der Waals surface area contributed by atoms with Gasteiger partial charge in [0.25, 0.3) is 0 Å². The zero-order valence-corrected chi connectivity index (χ0v) is 14.9. The molecule has 1 N–H and O–H groups in total. The van der Waals surface area contributed by atoms with Crippen LogP contribution in [0.3, 0.4) is 0 Å². The third-order valence-corrected chi connectivity index (χ3v) is 5.35. The Morgan fingerprint density at radius 1 is 1.15 bits per heavy atom. The van der Waals surface area contributed by atoms with Crippen molar-refractivity contribution in [3.8, 4) is 22.5 Å². The molecule has 0 bridgehead atoms. The van der Waals surface area contributed by atoms with E-state index in [1.165, 1.54) is 15.8 Å². The molecule has 0 amide bonds. The molecular weight excluding hydrogens is 348 g/mol. The molecule has 0 atom stereocenters. The van der Waals surface area contributed by atoms with Crippen LogP contribution >= 0.6 is 11.3 Å². The number of rotatable bonds is 3. The molecule has 0 aliphatic heterocycles. The lowest BCUT2D eigenvalue weighted by atomic mass is 10.1. The second kappa shape index (κ2) is 5.60. The van der Waals surface area contributed by atoms with Crippen molar-refractivity contribution in [1.29, 1.82) is 0 Å². The van der Waals surface area contributed by atoms with Crippen LogP contribution in [-0.2, 0) is 0 Å². The number of hydrogen-bond acceptors (Lipinski definition) is 7. The molecule has 0 saturated carbocycles. The van der Waals surface area contributed by atoms with Gasteiger partial charge in [0.2, 0.25) is 0 Å². The average Bonchev–Trinajstić information content (AvgIpc) is 3.38. The standard InChI is InChI=1S/C17H14N8S/c1-24(2)14-9-26-15-11(4-3-5-12(14)15)10-6-18-17-13(7-19-25(17)8-10)16-20-22-23-21-16/h3-9H,1-2H3,(H,20,21,22,23). The number of benzene rings is 1. The minimum Gasteiger partial charge on any atom is -0.376 e. The zero-order valence-electron chi connectivity index (χ0n) is 14.1. The molecule has 26 heavy (non-hydrogen) atoms. The topological polar surface area (TPSA) is 87.9 Å². The van der Waals surface area contributed by atoms with Crippen LogP contribution in [0.4, 0.5) is 5.69 Å². The highest BCUT2D eigenvalue weighted by Crippen LogP contribution is 2.38. The quantitative estimate of drug-likeness (QED) is 0.531. The van der Waals surface area contributed by atoms with Crippen LogP contribution in [0, 0.1) is 0 Å². The summed E-state index contributed by atoms with van der Waals surface area (Å²) in [6.07, 6.45) is 5.57. The van der Waals surface area contributed by atoms with Gasteiger partial charge in [-0.15, -0.1) is 16.4 Å². The van der Waals surface area contributed by atoms with Gasteiger partial charge in [-0.1, -0.05) is 18.2 Å². The lowest BCUT2D eigenvalue weighted by molar-refractivity contribution is 0.881. The first-order chi connectivity index (χ1) is 12.7. The van der Waals surface area contributed by atoms with Gasteiger partial charge in [0.05, 0.1) is 17.4 Å². The molecule has 0 saturated heterocycles. The van der Waals surface area contributed by atoms with Gasteiger partial charge in [-0.05, 0) is 10.4 Å². The Balaban J connectivity index is 1.67. The van der Waals surface area contributed by atoms with E-state index in [1.807, 2.05) is 12.4 Å². The first kappa shape index (κ1) is 15.0. The third-order valence-electron chi connectivity index (χ3n) is 4.33. The highest BCUT2D eigenvalue weighted by atomic mass is 32.1. The maximum atomic E-state index is 4.60. The summed E-state index contributed by atoms with van der Waals surface area (Å²) in [5.41, 5.74) is 4.86. The maximum Gasteiger partial charge on any atom is 0.184 e. The highest BCUT2D eigenvalue weighted by Gasteiger charge is 2.14. The molecule has 0 radical (unpaired) electrons. The average molecular weight is 362 g/mol. The van der Waals surface area contributed by atoms with Crippen molar-refractivity contribution in [1.82, 2.24) is 35.2 Å². The van der Waals surface area contributed by atoms with Crippen LogP contribution in [0.5, 0.6) is 0 Å². The smallest absolute Gasteiger partial charge is 0.184 e. The fourth-order valence-electron chi connectivity index (χ4n) is 3.07. The number of aromatic amines is 1. The van der Waals surface area contributed by atoms with Crippen LogP contribution in [0.1, 0.15) is 0 Å². The van der Waals surface area contributed by atoms with E-state index >= 15 is 0 Å². The summed E-state index contributed by atoms with van der Waals surface area (Å²) in [4.78, 5) is 6.74. The Morgan fingerprint density at radius 3 is 2.88 bits per heavy atom. The van der Waals surface area contributed by atoms with E-state index in [9.17, 15) is 0 Å². The summed E-state index contributed by atoms with van der Waals surface area (Å²) in [5.74, 6) is 0.552. The Hall–Kier alpha value is -3.33. The summed E-state index contributed by atoms with van der Waals surface area (Å²) in [7, 11) is 4.12. The van der Waals surface area contributed by atoms with E-state index in [-0.39, 0.29) is 0 Å². The van der Waals surface area contributed by atoms with Gasteiger partial charge in [0.15, 0.2) is 11.5 Å². The van der Waals surface area contributed by atoms with Gasteiger partial charge in [0, 0.05) is 53.1 Å². The molecule has 0 fully saturated rings. The number of hydrogen-bond donors (Lipinski definition) is 1. The third kappa shape index (κ3) is 2.17. The van der Waals surface area contributed by atoms with Gasteiger partial charge in [0.1, 0.15) is 0 Å². The predicted octanol–water partition coefficient (Wildman–Crippen LogP) is 2.86. The molecule has 4 aromatic heterocycles. The lowest BCUT2D eigenvalue weighted by Gasteiger charge is -2.11. The minimum absolute atomic E-state index is 0.552. The van der Waals surface area contributed by atoms with Gasteiger partial charge in [-0.2, -0.15) is 5.10 Å². The van der Waals surface area contributed by atoms with E-state index in [0.717, 1.165) is 16.7 Å². The van der Waals surface area contributed by atoms with Crippen LogP contribution in [-0.4, -0.2) is 49.3 Å². The largest absolute Gasteiger partial charge is 0.376 e. The van der Waals surface area contributed by atoms with Crippen LogP contribution in [0.25, 0.3) is 38.2 Å². The van der Waals surface area contributed by atoms with Crippen molar-refractivity contribution in [2.75, 3.05) is 19.0 Å². The number of thiophene rings is 1. The number of nitrogens with zero attached hydrogens (tertiary/aromatic N) is 7. The highest BCUT2D eigenvalue weighted by molar-refractivity contribution is 7.18. The van der Waals surface area contributed by atoms with Crippen molar-refractivity contribution in [2.24, 2.45) is 0 Å². The van der Waals surface area contributed by atoms with E-state index in [4.69, 9.17) is 0 Å². The molecule has 5 rings (SSSR count).